The first-order valence-corrected chi connectivity index (χ1v) is 8.20. The van der Waals surface area contributed by atoms with Crippen LogP contribution in [0.15, 0.2) is 6.20 Å². The second-order valence-corrected chi connectivity index (χ2v) is 8.42. The van der Waals surface area contributed by atoms with Crippen molar-refractivity contribution in [2.24, 2.45) is 5.41 Å². The molecular weight excluding hydrogens is 274 g/mol. The number of rotatable bonds is 2. The molecule has 1 heterocycles. The Morgan fingerprint density at radius 1 is 1.09 bits per heavy atom. The highest BCUT2D eigenvalue weighted by Gasteiger charge is 2.48. The molecule has 1 aromatic rings. The van der Waals surface area contributed by atoms with Gasteiger partial charge in [0.05, 0.1) is 12.8 Å². The zero-order chi connectivity index (χ0) is 16.8. The summed E-state index contributed by atoms with van der Waals surface area (Å²) in [7, 11) is 3.58. The van der Waals surface area contributed by atoms with Gasteiger partial charge in [0.25, 0.3) is 0 Å². The second kappa shape index (κ2) is 5.52. The molecule has 3 nitrogen and oxygen atoms in total. The van der Waals surface area contributed by atoms with E-state index in [1.807, 2.05) is 13.3 Å². The number of nitrogens with zero attached hydrogens (tertiary/aromatic N) is 1. The Bertz CT molecular complexity index is 552. The molecule has 1 aromatic heterocycles. The Balaban J connectivity index is 2.74. The van der Waals surface area contributed by atoms with Gasteiger partial charge in [-0.1, -0.05) is 41.5 Å². The molecule has 0 amide bonds. The molecule has 0 radical (unpaired) electrons. The highest BCUT2D eigenvalue weighted by Crippen LogP contribution is 2.51. The number of methoxy groups -OCH3 is 2. The number of fused-ring (bicyclic) bond motifs is 1. The molecule has 2 rings (SSSR count). The highest BCUT2D eigenvalue weighted by atomic mass is 16.5. The average molecular weight is 305 g/mol. The second-order valence-electron chi connectivity index (χ2n) is 8.42. The van der Waals surface area contributed by atoms with Crippen LogP contribution in [0.5, 0.6) is 5.75 Å². The molecule has 0 N–H and O–H groups in total. The van der Waals surface area contributed by atoms with Crippen LogP contribution in [0.25, 0.3) is 0 Å². The van der Waals surface area contributed by atoms with E-state index >= 15 is 0 Å². The first-order valence-electron chi connectivity index (χ1n) is 8.20. The monoisotopic (exact) mass is 305 g/mol. The van der Waals surface area contributed by atoms with Crippen LogP contribution in [0, 0.1) is 5.41 Å². The molecule has 1 atom stereocenters. The summed E-state index contributed by atoms with van der Waals surface area (Å²) >= 11 is 0. The van der Waals surface area contributed by atoms with Gasteiger partial charge in [-0.15, -0.1) is 0 Å². The van der Waals surface area contributed by atoms with Gasteiger partial charge in [0.1, 0.15) is 11.4 Å². The Morgan fingerprint density at radius 2 is 1.73 bits per heavy atom. The van der Waals surface area contributed by atoms with Crippen LogP contribution < -0.4 is 4.74 Å². The fourth-order valence-corrected chi connectivity index (χ4v) is 3.75. The predicted octanol–water partition coefficient (Wildman–Crippen LogP) is 4.61. The molecular formula is C19H31NO2. The van der Waals surface area contributed by atoms with Crippen LogP contribution in [-0.4, -0.2) is 19.2 Å². The Kier molecular flexibility index (Phi) is 4.33. The van der Waals surface area contributed by atoms with Crippen LogP contribution >= 0.6 is 0 Å². The summed E-state index contributed by atoms with van der Waals surface area (Å²) in [5.74, 6) is 1.00. The van der Waals surface area contributed by atoms with E-state index in [0.29, 0.717) is 0 Å². The lowest BCUT2D eigenvalue weighted by Crippen LogP contribution is -2.45. The van der Waals surface area contributed by atoms with Crippen molar-refractivity contribution in [1.29, 1.82) is 0 Å². The van der Waals surface area contributed by atoms with Crippen LogP contribution in [0.4, 0.5) is 0 Å². The molecule has 1 unspecified atom stereocenters. The maximum atomic E-state index is 6.08. The van der Waals surface area contributed by atoms with Crippen molar-refractivity contribution in [2.75, 3.05) is 14.2 Å². The first-order chi connectivity index (χ1) is 10.1. The number of aromatic nitrogens is 1. The van der Waals surface area contributed by atoms with Gasteiger partial charge in [0, 0.05) is 24.4 Å². The third-order valence-corrected chi connectivity index (χ3v) is 5.04. The Morgan fingerprint density at radius 3 is 2.18 bits per heavy atom. The summed E-state index contributed by atoms with van der Waals surface area (Å²) < 4.78 is 11.9. The van der Waals surface area contributed by atoms with Gasteiger partial charge in [-0.05, 0) is 30.1 Å². The van der Waals surface area contributed by atoms with E-state index in [2.05, 4.69) is 41.5 Å². The van der Waals surface area contributed by atoms with E-state index in [1.54, 1.807) is 7.11 Å². The van der Waals surface area contributed by atoms with Gasteiger partial charge in [0.2, 0.25) is 0 Å². The Hall–Kier alpha value is -1.09. The summed E-state index contributed by atoms with van der Waals surface area (Å²) in [6.45, 7) is 13.3. The predicted molar refractivity (Wildman–Crippen MR) is 90.6 cm³/mol. The summed E-state index contributed by atoms with van der Waals surface area (Å²) in [6.07, 6.45) is 5.11. The summed E-state index contributed by atoms with van der Waals surface area (Å²) in [5.41, 5.74) is 3.14. The standard InChI is InChI=1S/C19H31NO2/c1-17(2,3)14-12-20-16-13(15(14)21-7)10-9-11-19(16,22-8)18(4,5)6/h12H,9-11H2,1-8H3. The first kappa shape index (κ1) is 17.3. The quantitative estimate of drug-likeness (QED) is 0.799. The zero-order valence-electron chi connectivity index (χ0n) is 15.5. The van der Waals surface area contributed by atoms with Gasteiger partial charge < -0.3 is 9.47 Å². The van der Waals surface area contributed by atoms with Crippen LogP contribution in [0.3, 0.4) is 0 Å². The van der Waals surface area contributed by atoms with Crippen molar-refractivity contribution >= 4 is 0 Å². The number of pyridine rings is 1. The molecule has 3 heteroatoms. The molecule has 0 saturated carbocycles. The third-order valence-electron chi connectivity index (χ3n) is 5.04. The average Bonchev–Trinajstić information content (AvgIpc) is 2.42. The van der Waals surface area contributed by atoms with Gasteiger partial charge in [-0.25, -0.2) is 0 Å². The summed E-state index contributed by atoms with van der Waals surface area (Å²) in [6, 6.07) is 0. The zero-order valence-corrected chi connectivity index (χ0v) is 15.5. The molecule has 1 aliphatic carbocycles. The van der Waals surface area contributed by atoms with Crippen molar-refractivity contribution in [2.45, 2.75) is 71.8 Å². The van der Waals surface area contributed by atoms with E-state index in [9.17, 15) is 0 Å². The largest absolute Gasteiger partial charge is 0.496 e. The van der Waals surface area contributed by atoms with Crippen molar-refractivity contribution in [3.63, 3.8) is 0 Å². The number of ether oxygens (including phenoxy) is 2. The lowest BCUT2D eigenvalue weighted by atomic mass is 9.66. The van der Waals surface area contributed by atoms with Crippen LogP contribution in [0.2, 0.25) is 0 Å². The molecule has 0 spiro atoms. The minimum Gasteiger partial charge on any atom is -0.496 e. The van der Waals surface area contributed by atoms with Crippen LogP contribution in [-0.2, 0) is 22.2 Å². The summed E-state index contributed by atoms with van der Waals surface area (Å²) in [4.78, 5) is 4.88. The van der Waals surface area contributed by atoms with Gasteiger partial charge >= 0.3 is 0 Å². The van der Waals surface area contributed by atoms with Gasteiger partial charge in [-0.3, -0.25) is 4.98 Å². The lowest BCUT2D eigenvalue weighted by Gasteiger charge is -2.47. The SMILES string of the molecule is COc1c(C(C)(C)C)cnc2c1CCCC2(OC)C(C)(C)C. The molecule has 0 bridgehead atoms. The van der Waals surface area contributed by atoms with Crippen molar-refractivity contribution in [3.8, 4) is 5.75 Å². The molecule has 1 aliphatic rings. The van der Waals surface area contributed by atoms with Gasteiger partial charge in [0.15, 0.2) is 0 Å². The lowest BCUT2D eigenvalue weighted by molar-refractivity contribution is -0.114. The molecule has 124 valence electrons. The fourth-order valence-electron chi connectivity index (χ4n) is 3.75. The van der Waals surface area contributed by atoms with E-state index < -0.39 is 0 Å². The molecule has 0 saturated heterocycles. The highest BCUT2D eigenvalue weighted by molar-refractivity contribution is 5.49. The van der Waals surface area contributed by atoms with E-state index in [4.69, 9.17) is 14.5 Å². The molecule has 0 aromatic carbocycles. The normalized spacial score (nSPS) is 22.4. The molecule has 0 fully saturated rings. The molecule has 22 heavy (non-hydrogen) atoms. The number of hydrogen-bond donors (Lipinski definition) is 0. The van der Waals surface area contributed by atoms with Crippen LogP contribution in [0.1, 0.15) is 71.2 Å². The maximum absolute atomic E-state index is 6.08. The minimum absolute atomic E-state index is 0.0157. The minimum atomic E-state index is -0.343. The van der Waals surface area contributed by atoms with E-state index in [0.717, 1.165) is 30.7 Å². The smallest absolute Gasteiger partial charge is 0.129 e. The molecule has 0 aliphatic heterocycles. The van der Waals surface area contributed by atoms with Crippen molar-refractivity contribution in [3.05, 3.63) is 23.0 Å². The number of hydrogen-bond acceptors (Lipinski definition) is 3. The van der Waals surface area contributed by atoms with Crippen molar-refractivity contribution in [1.82, 2.24) is 4.98 Å². The Labute approximate surface area is 135 Å². The third kappa shape index (κ3) is 2.54. The van der Waals surface area contributed by atoms with E-state index in [-0.39, 0.29) is 16.4 Å². The summed E-state index contributed by atoms with van der Waals surface area (Å²) in [5, 5.41) is 0. The fraction of sp³-hybridized carbons (Fsp3) is 0.737. The van der Waals surface area contributed by atoms with Gasteiger partial charge in [-0.2, -0.15) is 0 Å². The van der Waals surface area contributed by atoms with Crippen molar-refractivity contribution < 1.29 is 9.47 Å². The maximum Gasteiger partial charge on any atom is 0.129 e. The topological polar surface area (TPSA) is 31.4 Å². The van der Waals surface area contributed by atoms with E-state index in [1.165, 1.54) is 11.1 Å².